The van der Waals surface area contributed by atoms with Crippen LogP contribution in [0.25, 0.3) is 0 Å². The molecule has 0 radical (unpaired) electrons. The third-order valence-corrected chi connectivity index (χ3v) is 4.84. The van der Waals surface area contributed by atoms with Crippen LogP contribution in [0.4, 0.5) is 13.2 Å². The zero-order valence-electron chi connectivity index (χ0n) is 11.0. The first-order valence-electron chi connectivity index (χ1n) is 6.32. The van der Waals surface area contributed by atoms with Crippen LogP contribution < -0.4 is 0 Å². The van der Waals surface area contributed by atoms with Gasteiger partial charge in [-0.25, -0.2) is 4.21 Å². The van der Waals surface area contributed by atoms with Gasteiger partial charge in [0.25, 0.3) is 0 Å². The molecule has 1 heterocycles. The molecule has 3 nitrogen and oxygen atoms in total. The van der Waals surface area contributed by atoms with Crippen molar-refractivity contribution < 1.29 is 22.1 Å². The predicted octanol–water partition coefficient (Wildman–Crippen LogP) is 3.19. The van der Waals surface area contributed by atoms with Gasteiger partial charge in [0.05, 0.1) is 10.5 Å². The highest BCUT2D eigenvalue weighted by Crippen LogP contribution is 2.35. The number of piperidine rings is 1. The summed E-state index contributed by atoms with van der Waals surface area (Å²) in [6.07, 6.45) is -2.50. The van der Waals surface area contributed by atoms with E-state index in [1.165, 1.54) is 29.6 Å². The van der Waals surface area contributed by atoms with Crippen molar-refractivity contribution >= 4 is 11.0 Å². The lowest BCUT2D eigenvalue weighted by Gasteiger charge is -2.33. The minimum absolute atomic E-state index is 0.205. The molecule has 0 bridgehead atoms. The molecule has 0 aliphatic carbocycles. The highest BCUT2D eigenvalue weighted by molar-refractivity contribution is 7.82. The van der Waals surface area contributed by atoms with Gasteiger partial charge in [-0.15, -0.1) is 0 Å². The molecule has 0 amide bonds. The summed E-state index contributed by atoms with van der Waals surface area (Å²) in [5, 5.41) is 0. The number of alkyl halides is 3. The van der Waals surface area contributed by atoms with Gasteiger partial charge in [0.1, 0.15) is 17.2 Å². The number of halogens is 3. The Kier molecular flexibility index (Phi) is 4.82. The number of nitrogens with zero attached hydrogens (tertiary/aromatic N) is 1. The second-order valence-corrected chi connectivity index (χ2v) is 5.98. The fourth-order valence-electron chi connectivity index (χ4n) is 2.28. The molecule has 20 heavy (non-hydrogen) atoms. The smallest absolute Gasteiger partial charge is 0.365 e. The van der Waals surface area contributed by atoms with E-state index in [1.807, 2.05) is 0 Å². The second kappa shape index (κ2) is 6.24. The fourth-order valence-corrected chi connectivity index (χ4v) is 3.80. The van der Waals surface area contributed by atoms with Crippen molar-refractivity contribution in [2.45, 2.75) is 36.6 Å². The van der Waals surface area contributed by atoms with Crippen LogP contribution in [0.1, 0.15) is 24.8 Å². The summed E-state index contributed by atoms with van der Waals surface area (Å²) in [6.45, 7) is 0.470. The molecular weight excluding hydrogens is 291 g/mol. The van der Waals surface area contributed by atoms with Gasteiger partial charge in [-0.05, 0) is 31.4 Å². The van der Waals surface area contributed by atoms with Crippen molar-refractivity contribution in [2.24, 2.45) is 0 Å². The van der Waals surface area contributed by atoms with Gasteiger partial charge in [0.2, 0.25) is 0 Å². The first kappa shape index (κ1) is 15.5. The van der Waals surface area contributed by atoms with E-state index in [0.717, 1.165) is 18.9 Å². The SMILES string of the molecule is CO[C@H]1CCCCN1S(=O)c1ccccc1C(F)(F)F. The molecule has 1 saturated heterocycles. The van der Waals surface area contributed by atoms with E-state index in [0.29, 0.717) is 13.0 Å². The fraction of sp³-hybridized carbons (Fsp3) is 0.538. The van der Waals surface area contributed by atoms with Crippen LogP contribution in [-0.4, -0.2) is 28.4 Å². The van der Waals surface area contributed by atoms with Crippen molar-refractivity contribution in [3.8, 4) is 0 Å². The first-order valence-corrected chi connectivity index (χ1v) is 7.43. The Hall–Kier alpha value is -0.920. The van der Waals surface area contributed by atoms with Gasteiger partial charge in [0.15, 0.2) is 0 Å². The Morgan fingerprint density at radius 2 is 2.00 bits per heavy atom. The topological polar surface area (TPSA) is 29.5 Å². The highest BCUT2D eigenvalue weighted by atomic mass is 32.2. The summed E-state index contributed by atoms with van der Waals surface area (Å²) < 4.78 is 58.1. The van der Waals surface area contributed by atoms with E-state index in [1.54, 1.807) is 0 Å². The van der Waals surface area contributed by atoms with Gasteiger partial charge in [-0.3, -0.25) is 0 Å². The number of hydrogen-bond donors (Lipinski definition) is 0. The Balaban J connectivity index is 2.33. The van der Waals surface area contributed by atoms with Crippen molar-refractivity contribution in [3.05, 3.63) is 29.8 Å². The van der Waals surface area contributed by atoms with Crippen LogP contribution >= 0.6 is 0 Å². The number of hydrogen-bond acceptors (Lipinski definition) is 2. The predicted molar refractivity (Wildman–Crippen MR) is 69.2 cm³/mol. The molecule has 2 rings (SSSR count). The van der Waals surface area contributed by atoms with Crippen LogP contribution in [0, 0.1) is 0 Å². The third kappa shape index (κ3) is 3.21. The molecule has 0 spiro atoms. The van der Waals surface area contributed by atoms with E-state index < -0.39 is 29.0 Å². The van der Waals surface area contributed by atoms with Crippen LogP contribution in [-0.2, 0) is 21.9 Å². The lowest BCUT2D eigenvalue weighted by molar-refractivity contribution is -0.139. The van der Waals surface area contributed by atoms with E-state index in [4.69, 9.17) is 4.74 Å². The molecule has 7 heteroatoms. The highest BCUT2D eigenvalue weighted by Gasteiger charge is 2.37. The van der Waals surface area contributed by atoms with Crippen LogP contribution in [0.3, 0.4) is 0 Å². The zero-order chi connectivity index (χ0) is 14.8. The summed E-state index contributed by atoms with van der Waals surface area (Å²) in [4.78, 5) is -0.205. The molecule has 0 aromatic heterocycles. The Morgan fingerprint density at radius 1 is 1.30 bits per heavy atom. The Morgan fingerprint density at radius 3 is 2.65 bits per heavy atom. The number of ether oxygens (including phenoxy) is 1. The quantitative estimate of drug-likeness (QED) is 0.858. The normalized spacial score (nSPS) is 22.7. The molecule has 1 aliphatic rings. The molecular formula is C13H16F3NO2S. The lowest BCUT2D eigenvalue weighted by atomic mass is 10.1. The summed E-state index contributed by atoms with van der Waals surface area (Å²) in [6, 6.07) is 4.99. The van der Waals surface area contributed by atoms with Crippen LogP contribution in [0.5, 0.6) is 0 Å². The lowest BCUT2D eigenvalue weighted by Crippen LogP contribution is -2.42. The minimum Gasteiger partial charge on any atom is -0.365 e. The third-order valence-electron chi connectivity index (χ3n) is 3.27. The molecule has 2 atom stereocenters. The van der Waals surface area contributed by atoms with E-state index in [9.17, 15) is 17.4 Å². The maximum Gasteiger partial charge on any atom is 0.417 e. The molecule has 1 aliphatic heterocycles. The Bertz CT molecular complexity index is 493. The summed E-state index contributed by atoms with van der Waals surface area (Å²) >= 11 is 0. The van der Waals surface area contributed by atoms with Crippen molar-refractivity contribution in [1.82, 2.24) is 4.31 Å². The molecule has 0 saturated carbocycles. The maximum absolute atomic E-state index is 13.0. The van der Waals surface area contributed by atoms with Gasteiger partial charge < -0.3 is 4.74 Å². The second-order valence-electron chi connectivity index (χ2n) is 4.57. The van der Waals surface area contributed by atoms with E-state index >= 15 is 0 Å². The van der Waals surface area contributed by atoms with Crippen molar-refractivity contribution in [3.63, 3.8) is 0 Å². The van der Waals surface area contributed by atoms with E-state index in [2.05, 4.69) is 0 Å². The van der Waals surface area contributed by atoms with Crippen molar-refractivity contribution in [1.29, 1.82) is 0 Å². The molecule has 1 fully saturated rings. The number of benzene rings is 1. The summed E-state index contributed by atoms with van der Waals surface area (Å²) in [5.41, 5.74) is -0.848. The summed E-state index contributed by atoms with van der Waals surface area (Å²) in [7, 11) is -0.388. The van der Waals surface area contributed by atoms with Gasteiger partial charge in [-0.2, -0.15) is 17.5 Å². The monoisotopic (exact) mass is 307 g/mol. The number of rotatable bonds is 3. The zero-order valence-corrected chi connectivity index (χ0v) is 11.8. The van der Waals surface area contributed by atoms with Gasteiger partial charge in [-0.1, -0.05) is 12.1 Å². The summed E-state index contributed by atoms with van der Waals surface area (Å²) in [5.74, 6) is 0. The maximum atomic E-state index is 13.0. The molecule has 112 valence electrons. The van der Waals surface area contributed by atoms with Gasteiger partial charge >= 0.3 is 6.18 Å². The number of methoxy groups -OCH3 is 1. The van der Waals surface area contributed by atoms with Crippen LogP contribution in [0.15, 0.2) is 29.2 Å². The average Bonchev–Trinajstić information content (AvgIpc) is 2.45. The molecule has 0 N–H and O–H groups in total. The molecule has 1 aromatic rings. The first-order chi connectivity index (χ1) is 9.45. The van der Waals surface area contributed by atoms with E-state index in [-0.39, 0.29) is 4.90 Å². The minimum atomic E-state index is -4.51. The largest absolute Gasteiger partial charge is 0.417 e. The molecule has 1 aromatic carbocycles. The molecule has 1 unspecified atom stereocenters. The van der Waals surface area contributed by atoms with Crippen molar-refractivity contribution in [2.75, 3.05) is 13.7 Å². The Labute approximate surface area is 118 Å². The standard InChI is InChI=1S/C13H16F3NO2S/c1-19-12-8-4-5-9-17(12)20(18)11-7-3-2-6-10(11)13(14,15)16/h2-3,6-7,12H,4-5,8-9H2,1H3/t12-,20?/m0/s1. The van der Waals surface area contributed by atoms with Crippen LogP contribution in [0.2, 0.25) is 0 Å². The van der Waals surface area contributed by atoms with Gasteiger partial charge in [0, 0.05) is 13.7 Å². The average molecular weight is 307 g/mol.